The molecule has 1 aromatic heterocycles. The second kappa shape index (κ2) is 11.0. The van der Waals surface area contributed by atoms with Crippen molar-refractivity contribution in [3.05, 3.63) is 47.0 Å². The molecule has 8 nitrogen and oxygen atoms in total. The van der Waals surface area contributed by atoms with Crippen LogP contribution in [0.25, 0.3) is 0 Å². The molecule has 214 valence electrons. The second-order valence-electron chi connectivity index (χ2n) is 13.3. The van der Waals surface area contributed by atoms with Gasteiger partial charge in [-0.1, -0.05) is 25.3 Å². The molecule has 5 aliphatic rings. The van der Waals surface area contributed by atoms with Gasteiger partial charge in [-0.3, -0.25) is 14.4 Å². The highest BCUT2D eigenvalue weighted by Gasteiger charge is 2.50. The largest absolute Gasteiger partial charge is 0.480 e. The van der Waals surface area contributed by atoms with Crippen molar-refractivity contribution in [3.8, 4) is 0 Å². The van der Waals surface area contributed by atoms with Gasteiger partial charge in [0.1, 0.15) is 17.6 Å². The summed E-state index contributed by atoms with van der Waals surface area (Å²) in [6.45, 7) is 1.41. The zero-order valence-electron chi connectivity index (χ0n) is 23.5. The van der Waals surface area contributed by atoms with Crippen LogP contribution in [0.15, 0.2) is 24.3 Å². The Labute approximate surface area is 236 Å². The van der Waals surface area contributed by atoms with Gasteiger partial charge in [0.05, 0.1) is 0 Å². The number of carboxylic acid groups (broad SMARTS) is 1. The number of nitrogens with zero attached hydrogens (tertiary/aromatic N) is 1. The number of aryl methyl sites for hydroxylation is 1. The average molecular weight is 547 g/mol. The predicted molar refractivity (Wildman–Crippen MR) is 152 cm³/mol. The number of carbonyl (C=O) groups is 3. The number of imidazole rings is 1. The molecule has 8 heteroatoms. The molecule has 4 bridgehead atoms. The second-order valence-corrected chi connectivity index (χ2v) is 13.3. The van der Waals surface area contributed by atoms with Gasteiger partial charge in [-0.25, -0.2) is 4.98 Å². The van der Waals surface area contributed by atoms with Crippen molar-refractivity contribution in [2.45, 2.75) is 102 Å². The Bertz CT molecular complexity index is 1240. The Hall–Kier alpha value is -3.16. The molecule has 40 heavy (non-hydrogen) atoms. The summed E-state index contributed by atoms with van der Waals surface area (Å²) in [5.41, 5.74) is 2.61. The molecule has 0 unspecified atom stereocenters. The van der Waals surface area contributed by atoms with Gasteiger partial charge in [-0.15, -0.1) is 0 Å². The number of aliphatic carboxylic acids is 1. The van der Waals surface area contributed by atoms with Crippen molar-refractivity contribution >= 4 is 23.5 Å². The summed E-state index contributed by atoms with van der Waals surface area (Å²) in [4.78, 5) is 45.8. The molecule has 5 aliphatic carbocycles. The van der Waals surface area contributed by atoms with E-state index in [-0.39, 0.29) is 11.5 Å². The lowest BCUT2D eigenvalue weighted by Crippen LogP contribution is -2.46. The Morgan fingerprint density at radius 3 is 2.35 bits per heavy atom. The summed E-state index contributed by atoms with van der Waals surface area (Å²) in [6, 6.07) is 5.59. The van der Waals surface area contributed by atoms with Crippen LogP contribution < -0.4 is 10.6 Å². The first-order chi connectivity index (χ1) is 19.3. The van der Waals surface area contributed by atoms with Gasteiger partial charge in [-0.2, -0.15) is 0 Å². The molecular formula is C32H42N4O4. The number of nitrogens with one attached hydrogen (secondary N) is 3. The first-order valence-corrected chi connectivity index (χ1v) is 15.3. The van der Waals surface area contributed by atoms with Gasteiger partial charge < -0.3 is 20.7 Å². The Morgan fingerprint density at radius 1 is 1.02 bits per heavy atom. The molecule has 5 saturated carbocycles. The van der Waals surface area contributed by atoms with Gasteiger partial charge in [0.15, 0.2) is 0 Å². The van der Waals surface area contributed by atoms with E-state index in [0.717, 1.165) is 55.0 Å². The monoisotopic (exact) mass is 546 g/mol. The smallest absolute Gasteiger partial charge is 0.325 e. The molecular weight excluding hydrogens is 504 g/mol. The van der Waals surface area contributed by atoms with Crippen LogP contribution in [0.4, 0.5) is 5.69 Å². The van der Waals surface area contributed by atoms with Gasteiger partial charge in [0, 0.05) is 22.9 Å². The minimum absolute atomic E-state index is 0.268. The molecule has 4 N–H and O–H groups in total. The molecule has 2 amide bonds. The number of hydrogen-bond acceptors (Lipinski definition) is 4. The Balaban J connectivity index is 1.20. The highest BCUT2D eigenvalue weighted by Crippen LogP contribution is 2.61. The lowest BCUT2D eigenvalue weighted by molar-refractivity contribution is -0.138. The number of carboxylic acids is 1. The van der Waals surface area contributed by atoms with Gasteiger partial charge >= 0.3 is 5.97 Å². The SMILES string of the molecule is C[C@H](NC(=O)c1cccc(NC(=O)c2nc(C3CCCCC3)[nH]c2CCC23CC4CC(CC(C4)C2)C3)c1)C(=O)O. The van der Waals surface area contributed by atoms with E-state index in [2.05, 4.69) is 15.6 Å². The lowest BCUT2D eigenvalue weighted by Gasteiger charge is -2.57. The highest BCUT2D eigenvalue weighted by atomic mass is 16.4. The summed E-state index contributed by atoms with van der Waals surface area (Å²) in [5.74, 6) is 2.14. The topological polar surface area (TPSA) is 124 Å². The number of rotatable bonds is 9. The lowest BCUT2D eigenvalue weighted by atomic mass is 9.48. The van der Waals surface area contributed by atoms with Crippen LogP contribution >= 0.6 is 0 Å². The molecule has 1 atom stereocenters. The maximum atomic E-state index is 13.6. The van der Waals surface area contributed by atoms with Gasteiger partial charge in [0.2, 0.25) is 0 Å². The quantitative estimate of drug-likeness (QED) is 0.304. The highest BCUT2D eigenvalue weighted by molar-refractivity contribution is 6.05. The van der Waals surface area contributed by atoms with Crippen LogP contribution in [0.1, 0.15) is 122 Å². The first-order valence-electron chi connectivity index (χ1n) is 15.3. The summed E-state index contributed by atoms with van der Waals surface area (Å²) in [6.07, 6.45) is 16.1. The molecule has 0 aliphatic heterocycles. The fraction of sp³-hybridized carbons (Fsp3) is 0.625. The van der Waals surface area contributed by atoms with Crippen LogP contribution in [-0.4, -0.2) is 38.9 Å². The van der Waals surface area contributed by atoms with Crippen molar-refractivity contribution in [1.82, 2.24) is 15.3 Å². The summed E-state index contributed by atoms with van der Waals surface area (Å²) < 4.78 is 0. The third-order valence-corrected chi connectivity index (χ3v) is 10.2. The summed E-state index contributed by atoms with van der Waals surface area (Å²) in [7, 11) is 0. The number of benzene rings is 1. The molecule has 1 heterocycles. The van der Waals surface area contributed by atoms with Gasteiger partial charge in [-0.05, 0) is 112 Å². The van der Waals surface area contributed by atoms with Crippen LogP contribution in [0.2, 0.25) is 0 Å². The van der Waals surface area contributed by atoms with E-state index in [9.17, 15) is 14.4 Å². The standard InChI is InChI=1S/C32H42N4O4/c1-19(31(39)40)33-29(37)24-8-5-9-25(15-24)34-30(38)27-26(35-28(36-27)23-6-3-2-4-7-23)10-11-32-16-20-12-21(17-32)14-22(13-20)18-32/h5,8-9,15,19-23H,2-4,6-7,10-14,16-18H2,1H3,(H,33,37)(H,34,38)(H,35,36)(H,39,40)/t19-,20?,21?,22?,32?/m0/s1. The Morgan fingerprint density at radius 2 is 1.70 bits per heavy atom. The zero-order chi connectivity index (χ0) is 27.9. The number of aromatic amines is 1. The van der Waals surface area contributed by atoms with Gasteiger partial charge in [0.25, 0.3) is 11.8 Å². The van der Waals surface area contributed by atoms with Crippen molar-refractivity contribution in [2.75, 3.05) is 5.32 Å². The number of hydrogen-bond donors (Lipinski definition) is 4. The fourth-order valence-corrected chi connectivity index (χ4v) is 8.62. The van der Waals surface area contributed by atoms with E-state index < -0.39 is 17.9 Å². The van der Waals surface area contributed by atoms with E-state index in [1.165, 1.54) is 64.7 Å². The third-order valence-electron chi connectivity index (χ3n) is 10.2. The molecule has 0 saturated heterocycles. The number of amides is 2. The van der Waals surface area contributed by atoms with E-state index in [1.807, 2.05) is 0 Å². The third kappa shape index (κ3) is 5.68. The molecule has 1 aromatic carbocycles. The first kappa shape index (κ1) is 27.0. The van der Waals surface area contributed by atoms with E-state index in [4.69, 9.17) is 10.1 Å². The van der Waals surface area contributed by atoms with Crippen LogP contribution in [0.5, 0.6) is 0 Å². The molecule has 5 fully saturated rings. The van der Waals surface area contributed by atoms with Crippen LogP contribution in [-0.2, 0) is 11.2 Å². The van der Waals surface area contributed by atoms with Crippen molar-refractivity contribution < 1.29 is 19.5 Å². The summed E-state index contributed by atoms with van der Waals surface area (Å²) in [5, 5.41) is 14.5. The zero-order valence-corrected chi connectivity index (χ0v) is 23.5. The average Bonchev–Trinajstić information content (AvgIpc) is 3.36. The van der Waals surface area contributed by atoms with Crippen LogP contribution in [0, 0.1) is 23.2 Å². The predicted octanol–water partition coefficient (Wildman–Crippen LogP) is 6.06. The van der Waals surface area contributed by atoms with E-state index >= 15 is 0 Å². The van der Waals surface area contributed by atoms with Crippen molar-refractivity contribution in [2.24, 2.45) is 23.2 Å². The summed E-state index contributed by atoms with van der Waals surface area (Å²) >= 11 is 0. The maximum Gasteiger partial charge on any atom is 0.325 e. The maximum absolute atomic E-state index is 13.6. The molecule has 0 radical (unpaired) electrons. The molecule has 0 spiro atoms. The van der Waals surface area contributed by atoms with E-state index in [0.29, 0.717) is 22.7 Å². The molecule has 2 aromatic rings. The Kier molecular flexibility index (Phi) is 7.44. The van der Waals surface area contributed by atoms with Crippen molar-refractivity contribution in [1.29, 1.82) is 0 Å². The van der Waals surface area contributed by atoms with E-state index in [1.54, 1.807) is 24.3 Å². The van der Waals surface area contributed by atoms with Crippen molar-refractivity contribution in [3.63, 3.8) is 0 Å². The number of H-pyrrole nitrogens is 1. The number of anilines is 1. The minimum atomic E-state index is -1.11. The molecule has 7 rings (SSSR count). The minimum Gasteiger partial charge on any atom is -0.480 e. The normalized spacial score (nSPS) is 28.3. The fourth-order valence-electron chi connectivity index (χ4n) is 8.62. The number of carbonyl (C=O) groups excluding carboxylic acids is 2. The number of aromatic nitrogens is 2. The van der Waals surface area contributed by atoms with Crippen LogP contribution in [0.3, 0.4) is 0 Å².